The zero-order valence-corrected chi connectivity index (χ0v) is 19.0. The van der Waals surface area contributed by atoms with E-state index in [9.17, 15) is 9.59 Å². The van der Waals surface area contributed by atoms with Gasteiger partial charge in [-0.3, -0.25) is 9.59 Å². The van der Waals surface area contributed by atoms with Gasteiger partial charge in [-0.25, -0.2) is 0 Å². The van der Waals surface area contributed by atoms with E-state index in [1.165, 1.54) is 17.8 Å². The van der Waals surface area contributed by atoms with Crippen molar-refractivity contribution in [3.8, 4) is 5.75 Å². The van der Waals surface area contributed by atoms with Crippen molar-refractivity contribution in [3.05, 3.63) is 63.9 Å². The molecule has 2 aromatic carbocycles. The van der Waals surface area contributed by atoms with Crippen LogP contribution in [-0.2, 0) is 18.4 Å². The van der Waals surface area contributed by atoms with Gasteiger partial charge in [-0.1, -0.05) is 35.0 Å². The van der Waals surface area contributed by atoms with Crippen LogP contribution in [0.1, 0.15) is 16.2 Å². The number of ether oxygens (including phenoxy) is 1. The van der Waals surface area contributed by atoms with E-state index in [0.717, 1.165) is 0 Å². The van der Waals surface area contributed by atoms with Gasteiger partial charge in [0.1, 0.15) is 5.75 Å². The van der Waals surface area contributed by atoms with Crippen LogP contribution in [0.2, 0.25) is 10.0 Å². The monoisotopic (exact) mass is 479 g/mol. The van der Waals surface area contributed by atoms with Crippen molar-refractivity contribution in [2.24, 2.45) is 7.05 Å². The van der Waals surface area contributed by atoms with E-state index in [4.69, 9.17) is 27.9 Å². The fourth-order valence-electron chi connectivity index (χ4n) is 2.52. The molecule has 11 heteroatoms. The summed E-state index contributed by atoms with van der Waals surface area (Å²) >= 11 is 13.1. The second-order valence-corrected chi connectivity index (χ2v) is 8.09. The number of thioether (sulfide) groups is 1. The van der Waals surface area contributed by atoms with Gasteiger partial charge in [-0.15, -0.1) is 10.2 Å². The van der Waals surface area contributed by atoms with E-state index >= 15 is 0 Å². The first-order valence-corrected chi connectivity index (χ1v) is 10.8. The Labute approximate surface area is 193 Å². The number of nitrogens with one attached hydrogen (secondary N) is 2. The maximum atomic E-state index is 12.3. The Balaban J connectivity index is 1.51. The van der Waals surface area contributed by atoms with Crippen LogP contribution in [0, 0.1) is 0 Å². The molecule has 0 bridgehead atoms. The standard InChI is InChI=1S/C20H19Cl2N5O3S/c1-27-17(10-23-19(29)12-3-8-15(21)16(22)9-12)25-26-20(27)31-11-18(28)24-13-4-6-14(30-2)7-5-13/h3-9H,10-11H2,1-2H3,(H,23,29)(H,24,28). The highest BCUT2D eigenvalue weighted by Gasteiger charge is 2.14. The number of carbonyl (C=O) groups excluding carboxylic acids is 2. The maximum Gasteiger partial charge on any atom is 0.251 e. The molecule has 0 aliphatic heterocycles. The maximum absolute atomic E-state index is 12.3. The largest absolute Gasteiger partial charge is 0.497 e. The number of amides is 2. The summed E-state index contributed by atoms with van der Waals surface area (Å²) in [5.41, 5.74) is 1.07. The zero-order valence-electron chi connectivity index (χ0n) is 16.7. The summed E-state index contributed by atoms with van der Waals surface area (Å²) in [7, 11) is 3.35. The van der Waals surface area contributed by atoms with Crippen molar-refractivity contribution >= 4 is 52.5 Å². The highest BCUT2D eigenvalue weighted by molar-refractivity contribution is 7.99. The van der Waals surface area contributed by atoms with Gasteiger partial charge in [0, 0.05) is 18.3 Å². The molecule has 8 nitrogen and oxygen atoms in total. The lowest BCUT2D eigenvalue weighted by Crippen LogP contribution is -2.24. The van der Waals surface area contributed by atoms with Gasteiger partial charge >= 0.3 is 0 Å². The molecule has 0 fully saturated rings. The molecule has 3 rings (SSSR count). The van der Waals surface area contributed by atoms with Crippen LogP contribution in [0.15, 0.2) is 47.6 Å². The van der Waals surface area contributed by atoms with Crippen LogP contribution in [0.5, 0.6) is 5.75 Å². The minimum atomic E-state index is -0.311. The third kappa shape index (κ3) is 6.13. The number of anilines is 1. The summed E-state index contributed by atoms with van der Waals surface area (Å²) in [5, 5.41) is 15.0. The molecule has 31 heavy (non-hydrogen) atoms. The average molecular weight is 480 g/mol. The normalized spacial score (nSPS) is 10.6. The number of hydrogen-bond donors (Lipinski definition) is 2. The van der Waals surface area contributed by atoms with Crippen molar-refractivity contribution in [3.63, 3.8) is 0 Å². The Bertz CT molecular complexity index is 1090. The Kier molecular flexibility index (Phi) is 7.78. The van der Waals surface area contributed by atoms with E-state index in [1.54, 1.807) is 55.1 Å². The fourth-order valence-corrected chi connectivity index (χ4v) is 3.55. The molecule has 1 aromatic heterocycles. The van der Waals surface area contributed by atoms with Crippen molar-refractivity contribution in [1.29, 1.82) is 0 Å². The first kappa shape index (κ1) is 22.9. The summed E-state index contributed by atoms with van der Waals surface area (Å²) in [6.07, 6.45) is 0. The smallest absolute Gasteiger partial charge is 0.251 e. The second kappa shape index (κ2) is 10.5. The molecule has 162 valence electrons. The topological polar surface area (TPSA) is 98.1 Å². The van der Waals surface area contributed by atoms with Crippen LogP contribution in [0.25, 0.3) is 0 Å². The van der Waals surface area contributed by atoms with E-state index in [2.05, 4.69) is 20.8 Å². The van der Waals surface area contributed by atoms with Crippen molar-refractivity contribution in [1.82, 2.24) is 20.1 Å². The van der Waals surface area contributed by atoms with Crippen LogP contribution < -0.4 is 15.4 Å². The molecule has 0 atom stereocenters. The van der Waals surface area contributed by atoms with E-state index in [1.807, 2.05) is 0 Å². The lowest BCUT2D eigenvalue weighted by molar-refractivity contribution is -0.113. The average Bonchev–Trinajstić information content (AvgIpc) is 3.12. The summed E-state index contributed by atoms with van der Waals surface area (Å²) in [5.74, 6) is 0.937. The first-order valence-electron chi connectivity index (χ1n) is 9.05. The zero-order chi connectivity index (χ0) is 22.4. The number of hydrogen-bond acceptors (Lipinski definition) is 6. The SMILES string of the molecule is COc1ccc(NC(=O)CSc2nnc(CNC(=O)c3ccc(Cl)c(Cl)c3)n2C)cc1. The summed E-state index contributed by atoms with van der Waals surface area (Å²) in [6, 6.07) is 11.7. The molecule has 0 unspecified atom stereocenters. The van der Waals surface area contributed by atoms with Crippen LogP contribution >= 0.6 is 35.0 Å². The summed E-state index contributed by atoms with van der Waals surface area (Å²) < 4.78 is 6.82. The molecular formula is C20H19Cl2N5O3S. The summed E-state index contributed by atoms with van der Waals surface area (Å²) in [4.78, 5) is 24.5. The highest BCUT2D eigenvalue weighted by atomic mass is 35.5. The molecule has 0 aliphatic rings. The Hall–Kier alpha value is -2.75. The number of methoxy groups -OCH3 is 1. The number of benzene rings is 2. The third-order valence-electron chi connectivity index (χ3n) is 4.22. The van der Waals surface area contributed by atoms with Crippen LogP contribution in [0.3, 0.4) is 0 Å². The van der Waals surface area contributed by atoms with Gasteiger partial charge in [0.05, 0.1) is 29.5 Å². The van der Waals surface area contributed by atoms with Gasteiger partial charge < -0.3 is 19.9 Å². The number of aromatic nitrogens is 3. The minimum Gasteiger partial charge on any atom is -0.497 e. The van der Waals surface area contributed by atoms with Crippen molar-refractivity contribution < 1.29 is 14.3 Å². The second-order valence-electron chi connectivity index (χ2n) is 6.33. The molecular weight excluding hydrogens is 461 g/mol. The predicted molar refractivity (Wildman–Crippen MR) is 121 cm³/mol. The number of nitrogens with zero attached hydrogens (tertiary/aromatic N) is 3. The number of carbonyl (C=O) groups is 2. The van der Waals surface area contributed by atoms with E-state index < -0.39 is 0 Å². The van der Waals surface area contributed by atoms with E-state index in [0.29, 0.717) is 38.0 Å². The lowest BCUT2D eigenvalue weighted by Gasteiger charge is -2.07. The van der Waals surface area contributed by atoms with Gasteiger partial charge in [0.25, 0.3) is 5.91 Å². The molecule has 1 heterocycles. The Morgan fingerprint density at radius 2 is 1.84 bits per heavy atom. The van der Waals surface area contributed by atoms with Crippen LogP contribution in [-0.4, -0.2) is 39.4 Å². The summed E-state index contributed by atoms with van der Waals surface area (Å²) in [6.45, 7) is 0.168. The quantitative estimate of drug-likeness (QED) is 0.476. The van der Waals surface area contributed by atoms with Gasteiger partial charge in [0.15, 0.2) is 11.0 Å². The molecule has 0 spiro atoms. The van der Waals surface area contributed by atoms with Gasteiger partial charge in [0.2, 0.25) is 5.91 Å². The van der Waals surface area contributed by atoms with E-state index in [-0.39, 0.29) is 24.1 Å². The highest BCUT2D eigenvalue weighted by Crippen LogP contribution is 2.23. The molecule has 3 aromatic rings. The molecule has 0 saturated heterocycles. The lowest BCUT2D eigenvalue weighted by atomic mass is 10.2. The molecule has 0 aliphatic carbocycles. The fraction of sp³-hybridized carbons (Fsp3) is 0.200. The minimum absolute atomic E-state index is 0.160. The van der Waals surface area contributed by atoms with Crippen molar-refractivity contribution in [2.45, 2.75) is 11.7 Å². The third-order valence-corrected chi connectivity index (χ3v) is 5.98. The predicted octanol–water partition coefficient (Wildman–Crippen LogP) is 3.79. The molecule has 2 amide bonds. The molecule has 0 radical (unpaired) electrons. The molecule has 0 saturated carbocycles. The Morgan fingerprint density at radius 3 is 2.52 bits per heavy atom. The Morgan fingerprint density at radius 1 is 1.10 bits per heavy atom. The number of rotatable bonds is 8. The molecule has 2 N–H and O–H groups in total. The van der Waals surface area contributed by atoms with Gasteiger partial charge in [-0.2, -0.15) is 0 Å². The van der Waals surface area contributed by atoms with Crippen LogP contribution in [0.4, 0.5) is 5.69 Å². The number of halogens is 2. The van der Waals surface area contributed by atoms with Crippen molar-refractivity contribution in [2.75, 3.05) is 18.2 Å². The van der Waals surface area contributed by atoms with Gasteiger partial charge in [-0.05, 0) is 42.5 Å². The first-order chi connectivity index (χ1) is 14.9.